The summed E-state index contributed by atoms with van der Waals surface area (Å²) in [4.78, 5) is 14.3. The molecule has 3 heteroatoms. The molecule has 0 aliphatic heterocycles. The summed E-state index contributed by atoms with van der Waals surface area (Å²) in [6, 6.07) is 0. The Labute approximate surface area is 125 Å². The topological polar surface area (TPSA) is 37.3 Å². The van der Waals surface area contributed by atoms with Crippen molar-refractivity contribution in [2.45, 2.75) is 90.9 Å². The van der Waals surface area contributed by atoms with Crippen LogP contribution in [0.2, 0.25) is 18.8 Å². The summed E-state index contributed by atoms with van der Waals surface area (Å²) in [5.74, 6) is -0.833. The summed E-state index contributed by atoms with van der Waals surface area (Å²) in [7, 11) is 0. The molecule has 2 nitrogen and oxygen atoms in total. The van der Waals surface area contributed by atoms with Gasteiger partial charge in [-0.1, -0.05) is 0 Å². The SMILES string of the molecule is CC(=O)O.CCCCC[CH2][Sn]([CH3])([CH3])[CH2]CCCCC. The van der Waals surface area contributed by atoms with Crippen molar-refractivity contribution in [3.8, 4) is 0 Å². The number of rotatable bonds is 10. The molecule has 0 rings (SSSR count). The van der Waals surface area contributed by atoms with Gasteiger partial charge in [0.05, 0.1) is 0 Å². The van der Waals surface area contributed by atoms with Crippen LogP contribution in [0.4, 0.5) is 0 Å². The Hall–Kier alpha value is 0.269. The van der Waals surface area contributed by atoms with Gasteiger partial charge in [0, 0.05) is 6.92 Å². The van der Waals surface area contributed by atoms with Crippen molar-refractivity contribution in [1.82, 2.24) is 0 Å². The third-order valence-corrected chi connectivity index (χ3v) is 13.2. The summed E-state index contributed by atoms with van der Waals surface area (Å²) in [5.41, 5.74) is 0. The number of hydrogen-bond donors (Lipinski definition) is 1. The van der Waals surface area contributed by atoms with Crippen LogP contribution in [0.15, 0.2) is 0 Å². The maximum atomic E-state index is 9.00. The second-order valence-electron chi connectivity index (χ2n) is 6.30. The van der Waals surface area contributed by atoms with E-state index in [1.807, 2.05) is 0 Å². The van der Waals surface area contributed by atoms with Gasteiger partial charge < -0.3 is 5.11 Å². The van der Waals surface area contributed by atoms with E-state index in [2.05, 4.69) is 23.7 Å². The van der Waals surface area contributed by atoms with Crippen LogP contribution >= 0.6 is 0 Å². The molecule has 0 radical (unpaired) electrons. The number of hydrogen-bond acceptors (Lipinski definition) is 1. The van der Waals surface area contributed by atoms with E-state index in [1.54, 1.807) is 8.87 Å². The molecule has 0 saturated carbocycles. The Kier molecular flexibility index (Phi) is 16.7. The van der Waals surface area contributed by atoms with Crippen molar-refractivity contribution in [2.24, 2.45) is 0 Å². The molecule has 0 aliphatic rings. The molecule has 0 spiro atoms. The first kappa shape index (κ1) is 21.6. The molecule has 0 aromatic carbocycles. The molecular weight excluding hydrogens is 343 g/mol. The van der Waals surface area contributed by atoms with Crippen molar-refractivity contribution in [3.05, 3.63) is 0 Å². The molecule has 1 N–H and O–H groups in total. The summed E-state index contributed by atoms with van der Waals surface area (Å²) >= 11 is -1.52. The standard InChI is InChI=1S/2C6H13.C2H4O2.2CH3.Sn/c2*1-3-5-6-4-2;1-2(3)4;;;/h2*1,3-6H2,2H3;1H3,(H,3,4);2*1H3;. The zero-order valence-electron chi connectivity index (χ0n) is 13.9. The minimum absolute atomic E-state index is 0.833. The van der Waals surface area contributed by atoms with E-state index in [-0.39, 0.29) is 0 Å². The van der Waals surface area contributed by atoms with Crippen molar-refractivity contribution < 1.29 is 9.90 Å². The predicted molar refractivity (Wildman–Crippen MR) is 88.7 cm³/mol. The zero-order valence-corrected chi connectivity index (χ0v) is 16.8. The Morgan fingerprint density at radius 1 is 0.842 bits per heavy atom. The third kappa shape index (κ3) is 23.7. The average molecular weight is 379 g/mol. The number of carboxylic acids is 1. The fourth-order valence-corrected chi connectivity index (χ4v) is 9.79. The number of unbranched alkanes of at least 4 members (excludes halogenated alkanes) is 6. The van der Waals surface area contributed by atoms with E-state index in [9.17, 15) is 0 Å². The summed E-state index contributed by atoms with van der Waals surface area (Å²) < 4.78 is 3.28. The van der Waals surface area contributed by atoms with E-state index in [0.717, 1.165) is 6.92 Å². The molecule has 0 fully saturated rings. The van der Waals surface area contributed by atoms with Gasteiger partial charge in [-0.05, 0) is 0 Å². The van der Waals surface area contributed by atoms with Crippen LogP contribution in [0.5, 0.6) is 0 Å². The van der Waals surface area contributed by atoms with Gasteiger partial charge in [0.2, 0.25) is 0 Å². The molecule has 0 unspecified atom stereocenters. The monoisotopic (exact) mass is 380 g/mol. The van der Waals surface area contributed by atoms with Gasteiger partial charge in [-0.2, -0.15) is 0 Å². The van der Waals surface area contributed by atoms with E-state index in [4.69, 9.17) is 9.90 Å². The van der Waals surface area contributed by atoms with E-state index in [1.165, 1.54) is 51.4 Å². The summed E-state index contributed by atoms with van der Waals surface area (Å²) in [6.07, 6.45) is 11.7. The van der Waals surface area contributed by atoms with Crippen molar-refractivity contribution >= 4 is 24.3 Å². The van der Waals surface area contributed by atoms with E-state index in [0.29, 0.717) is 0 Å². The van der Waals surface area contributed by atoms with Crippen LogP contribution in [-0.4, -0.2) is 29.5 Å². The molecular formula is C16H36O2Sn. The van der Waals surface area contributed by atoms with Gasteiger partial charge in [0.15, 0.2) is 0 Å². The van der Waals surface area contributed by atoms with Gasteiger partial charge >= 0.3 is 102 Å². The second-order valence-corrected chi connectivity index (χ2v) is 21.5. The van der Waals surface area contributed by atoms with Crippen LogP contribution < -0.4 is 0 Å². The van der Waals surface area contributed by atoms with Crippen LogP contribution in [0.3, 0.4) is 0 Å². The van der Waals surface area contributed by atoms with Gasteiger partial charge in [-0.3, -0.25) is 4.79 Å². The van der Waals surface area contributed by atoms with Crippen LogP contribution in [0, 0.1) is 0 Å². The number of aliphatic carboxylic acids is 1. The molecule has 19 heavy (non-hydrogen) atoms. The first-order valence-electron chi connectivity index (χ1n) is 8.05. The van der Waals surface area contributed by atoms with Crippen molar-refractivity contribution in [1.29, 1.82) is 0 Å². The van der Waals surface area contributed by atoms with Gasteiger partial charge in [0.1, 0.15) is 0 Å². The summed E-state index contributed by atoms with van der Waals surface area (Å²) in [6.45, 7) is 5.69. The Bertz CT molecular complexity index is 185. The second kappa shape index (κ2) is 14.7. The Morgan fingerprint density at radius 3 is 1.42 bits per heavy atom. The molecule has 0 aromatic heterocycles. The molecule has 0 amide bonds. The number of carboxylic acid groups (broad SMARTS) is 1. The van der Waals surface area contributed by atoms with Crippen LogP contribution in [0.25, 0.3) is 0 Å². The molecule has 0 saturated heterocycles. The van der Waals surface area contributed by atoms with Gasteiger partial charge in [-0.15, -0.1) is 0 Å². The Morgan fingerprint density at radius 2 is 1.16 bits per heavy atom. The fraction of sp³-hybridized carbons (Fsp3) is 0.938. The maximum absolute atomic E-state index is 9.00. The molecule has 0 heterocycles. The van der Waals surface area contributed by atoms with Gasteiger partial charge in [0.25, 0.3) is 5.97 Å². The van der Waals surface area contributed by atoms with Crippen molar-refractivity contribution in [3.63, 3.8) is 0 Å². The molecule has 116 valence electrons. The normalized spacial score (nSPS) is 10.8. The van der Waals surface area contributed by atoms with Crippen LogP contribution in [0.1, 0.15) is 72.1 Å². The number of carbonyl (C=O) groups is 1. The summed E-state index contributed by atoms with van der Waals surface area (Å²) in [5, 5.41) is 7.42. The Balaban J connectivity index is 0. The average Bonchev–Trinajstić information content (AvgIpc) is 2.30. The predicted octanol–water partition coefficient (Wildman–Crippen LogP) is 5.95. The molecule has 0 bridgehead atoms. The molecule has 0 aromatic rings. The molecule has 0 atom stereocenters. The zero-order chi connectivity index (χ0) is 15.1. The first-order chi connectivity index (χ1) is 8.85. The van der Waals surface area contributed by atoms with Gasteiger partial charge in [-0.25, -0.2) is 0 Å². The third-order valence-electron chi connectivity index (χ3n) is 3.41. The van der Waals surface area contributed by atoms with Crippen LogP contribution in [-0.2, 0) is 4.79 Å². The minimum atomic E-state index is -1.52. The van der Waals surface area contributed by atoms with Crippen molar-refractivity contribution in [2.75, 3.05) is 0 Å². The van der Waals surface area contributed by atoms with E-state index < -0.39 is 24.3 Å². The quantitative estimate of drug-likeness (QED) is 0.376. The first-order valence-corrected chi connectivity index (χ1v) is 17.8. The fourth-order valence-electron chi connectivity index (χ4n) is 2.19. The van der Waals surface area contributed by atoms with E-state index >= 15 is 0 Å². The molecule has 0 aliphatic carbocycles.